The molecule has 0 atom stereocenters. The maximum Gasteiger partial charge on any atom is 0.180 e. The minimum atomic E-state index is 0. The van der Waals surface area contributed by atoms with Gasteiger partial charge in [0.05, 0.1) is 0 Å². The van der Waals surface area contributed by atoms with E-state index >= 15 is 0 Å². The van der Waals surface area contributed by atoms with Crippen molar-refractivity contribution in [2.24, 2.45) is 0 Å². The Morgan fingerprint density at radius 2 is 1.82 bits per heavy atom. The number of hydrogen-bond donors (Lipinski definition) is 1. The molecule has 1 aliphatic heterocycles. The Bertz CT molecular complexity index is 597. The molecule has 1 saturated heterocycles. The quantitative estimate of drug-likeness (QED) is 0.911. The zero-order valence-corrected chi connectivity index (χ0v) is 14.6. The first-order chi connectivity index (χ1) is 10.2. The van der Waals surface area contributed by atoms with Crippen LogP contribution in [0.15, 0.2) is 30.5 Å². The molecule has 7 heteroatoms. The molecule has 1 aliphatic rings. The second-order valence-electron chi connectivity index (χ2n) is 5.35. The maximum absolute atomic E-state index is 6.04. The zero-order valence-electron chi connectivity index (χ0n) is 12.2. The van der Waals surface area contributed by atoms with Crippen LogP contribution in [-0.2, 0) is 13.1 Å². The fraction of sp³-hybridized carbons (Fsp3) is 0.400. The summed E-state index contributed by atoms with van der Waals surface area (Å²) in [6.07, 6.45) is 1.89. The van der Waals surface area contributed by atoms with E-state index in [1.54, 1.807) is 11.3 Å². The van der Waals surface area contributed by atoms with Crippen molar-refractivity contribution in [2.75, 3.05) is 31.9 Å². The van der Waals surface area contributed by atoms with E-state index in [4.69, 9.17) is 17.3 Å². The molecule has 1 aromatic heterocycles. The number of anilines is 1. The number of hydrogen-bond acceptors (Lipinski definition) is 5. The third-order valence-corrected chi connectivity index (χ3v) is 4.76. The Kier molecular flexibility index (Phi) is 6.47. The second kappa shape index (κ2) is 8.13. The van der Waals surface area contributed by atoms with Crippen LogP contribution in [0.1, 0.15) is 10.4 Å². The number of nitrogens with zero attached hydrogens (tertiary/aromatic N) is 3. The second-order valence-corrected chi connectivity index (χ2v) is 6.93. The van der Waals surface area contributed by atoms with Gasteiger partial charge in [-0.3, -0.25) is 9.80 Å². The first-order valence-electron chi connectivity index (χ1n) is 7.08. The molecule has 0 saturated carbocycles. The lowest BCUT2D eigenvalue weighted by Crippen LogP contribution is -2.45. The van der Waals surface area contributed by atoms with Crippen LogP contribution in [0.3, 0.4) is 0 Å². The van der Waals surface area contributed by atoms with E-state index in [9.17, 15) is 0 Å². The SMILES string of the molecule is Cl.Nc1ncc(CN2CCN(Cc3cccc(Cl)c3)CC2)s1. The summed E-state index contributed by atoms with van der Waals surface area (Å²) in [7, 11) is 0. The van der Waals surface area contributed by atoms with Crippen LogP contribution in [-0.4, -0.2) is 41.0 Å². The summed E-state index contributed by atoms with van der Waals surface area (Å²) in [5, 5.41) is 1.47. The summed E-state index contributed by atoms with van der Waals surface area (Å²) in [6.45, 7) is 6.26. The molecule has 0 amide bonds. The lowest BCUT2D eigenvalue weighted by atomic mass is 10.2. The molecular weight excluding hydrogens is 339 g/mol. The summed E-state index contributed by atoms with van der Waals surface area (Å²) in [5.41, 5.74) is 6.96. The van der Waals surface area contributed by atoms with Crippen molar-refractivity contribution in [3.8, 4) is 0 Å². The largest absolute Gasteiger partial charge is 0.375 e. The predicted octanol–water partition coefficient (Wildman–Crippen LogP) is 3.12. The highest BCUT2D eigenvalue weighted by Gasteiger charge is 2.17. The van der Waals surface area contributed by atoms with E-state index < -0.39 is 0 Å². The molecule has 2 N–H and O–H groups in total. The van der Waals surface area contributed by atoms with Crippen molar-refractivity contribution in [2.45, 2.75) is 13.1 Å². The number of nitrogen functional groups attached to an aromatic ring is 1. The molecule has 0 bridgehead atoms. The first kappa shape index (κ1) is 17.5. The van der Waals surface area contributed by atoms with Gasteiger partial charge in [-0.2, -0.15) is 0 Å². The molecule has 0 radical (unpaired) electrons. The van der Waals surface area contributed by atoms with Crippen molar-refractivity contribution >= 4 is 40.5 Å². The monoisotopic (exact) mass is 358 g/mol. The van der Waals surface area contributed by atoms with Crippen LogP contribution in [0.4, 0.5) is 5.13 Å². The van der Waals surface area contributed by atoms with Crippen LogP contribution in [0.2, 0.25) is 5.02 Å². The number of benzene rings is 1. The molecule has 2 heterocycles. The van der Waals surface area contributed by atoms with Gasteiger partial charge >= 0.3 is 0 Å². The molecule has 0 aliphatic carbocycles. The Morgan fingerprint density at radius 1 is 1.14 bits per heavy atom. The predicted molar refractivity (Wildman–Crippen MR) is 95.8 cm³/mol. The minimum absolute atomic E-state index is 0. The lowest BCUT2D eigenvalue weighted by molar-refractivity contribution is 0.123. The zero-order chi connectivity index (χ0) is 14.7. The summed E-state index contributed by atoms with van der Waals surface area (Å²) in [4.78, 5) is 10.3. The topological polar surface area (TPSA) is 45.4 Å². The highest BCUT2D eigenvalue weighted by atomic mass is 35.5. The third-order valence-electron chi connectivity index (χ3n) is 3.71. The third kappa shape index (κ3) is 4.83. The van der Waals surface area contributed by atoms with E-state index in [1.807, 2.05) is 24.4 Å². The molecule has 120 valence electrons. The van der Waals surface area contributed by atoms with Crippen molar-refractivity contribution in [1.29, 1.82) is 0 Å². The highest BCUT2D eigenvalue weighted by molar-refractivity contribution is 7.15. The van der Waals surface area contributed by atoms with Gasteiger partial charge in [-0.15, -0.1) is 23.7 Å². The molecule has 0 unspecified atom stereocenters. The van der Waals surface area contributed by atoms with Crippen molar-refractivity contribution in [3.63, 3.8) is 0 Å². The van der Waals surface area contributed by atoms with Crippen LogP contribution in [0.5, 0.6) is 0 Å². The molecule has 1 fully saturated rings. The van der Waals surface area contributed by atoms with Gasteiger partial charge in [0, 0.05) is 55.4 Å². The normalized spacial score (nSPS) is 16.4. The Hall–Kier alpha value is -0.850. The average molecular weight is 359 g/mol. The van der Waals surface area contributed by atoms with Crippen LogP contribution in [0.25, 0.3) is 0 Å². The average Bonchev–Trinajstić information content (AvgIpc) is 2.86. The smallest absolute Gasteiger partial charge is 0.180 e. The van der Waals surface area contributed by atoms with Gasteiger partial charge in [-0.1, -0.05) is 23.7 Å². The van der Waals surface area contributed by atoms with Crippen LogP contribution >= 0.6 is 35.3 Å². The fourth-order valence-electron chi connectivity index (χ4n) is 2.62. The Labute approximate surface area is 146 Å². The van der Waals surface area contributed by atoms with Gasteiger partial charge in [0.2, 0.25) is 0 Å². The van der Waals surface area contributed by atoms with Crippen molar-refractivity contribution in [1.82, 2.24) is 14.8 Å². The molecule has 0 spiro atoms. The van der Waals surface area contributed by atoms with E-state index in [2.05, 4.69) is 20.9 Å². The van der Waals surface area contributed by atoms with Gasteiger partial charge in [-0.25, -0.2) is 4.98 Å². The molecule has 1 aromatic carbocycles. The summed E-state index contributed by atoms with van der Waals surface area (Å²) in [5.74, 6) is 0. The lowest BCUT2D eigenvalue weighted by Gasteiger charge is -2.34. The van der Waals surface area contributed by atoms with Gasteiger partial charge in [0.1, 0.15) is 0 Å². The van der Waals surface area contributed by atoms with Crippen LogP contribution < -0.4 is 5.73 Å². The number of aromatic nitrogens is 1. The standard InChI is InChI=1S/C15H19ClN4S.ClH/c16-13-3-1-2-12(8-13)10-19-4-6-20(7-5-19)11-14-9-18-15(17)21-14;/h1-3,8-9H,4-7,10-11H2,(H2,17,18);1H. The number of rotatable bonds is 4. The number of halogens is 2. The van der Waals surface area contributed by atoms with Crippen LogP contribution in [0, 0.1) is 0 Å². The molecule has 3 rings (SSSR count). The Morgan fingerprint density at radius 3 is 2.41 bits per heavy atom. The Balaban J connectivity index is 0.00000176. The summed E-state index contributed by atoms with van der Waals surface area (Å²) >= 11 is 7.62. The molecule has 4 nitrogen and oxygen atoms in total. The number of nitrogens with two attached hydrogens (primary N) is 1. The first-order valence-corrected chi connectivity index (χ1v) is 8.28. The molecular formula is C15H20Cl2N4S. The number of piperazine rings is 1. The van der Waals surface area contributed by atoms with E-state index in [0.29, 0.717) is 5.13 Å². The summed E-state index contributed by atoms with van der Waals surface area (Å²) in [6, 6.07) is 8.12. The number of thiazole rings is 1. The van der Waals surface area contributed by atoms with E-state index in [1.165, 1.54) is 10.4 Å². The maximum atomic E-state index is 6.04. The molecule has 22 heavy (non-hydrogen) atoms. The van der Waals surface area contributed by atoms with Gasteiger partial charge in [0.25, 0.3) is 0 Å². The summed E-state index contributed by atoms with van der Waals surface area (Å²) < 4.78 is 0. The van der Waals surface area contributed by atoms with Gasteiger partial charge < -0.3 is 5.73 Å². The highest BCUT2D eigenvalue weighted by Crippen LogP contribution is 2.18. The van der Waals surface area contributed by atoms with Crippen molar-refractivity contribution in [3.05, 3.63) is 45.9 Å². The van der Waals surface area contributed by atoms with Gasteiger partial charge in [0.15, 0.2) is 5.13 Å². The van der Waals surface area contributed by atoms with E-state index in [-0.39, 0.29) is 12.4 Å². The van der Waals surface area contributed by atoms with E-state index in [0.717, 1.165) is 44.3 Å². The minimum Gasteiger partial charge on any atom is -0.375 e. The molecule has 2 aromatic rings. The fourth-order valence-corrected chi connectivity index (χ4v) is 3.55. The van der Waals surface area contributed by atoms with Gasteiger partial charge in [-0.05, 0) is 17.7 Å². The van der Waals surface area contributed by atoms with Crippen molar-refractivity contribution < 1.29 is 0 Å².